The highest BCUT2D eigenvalue weighted by atomic mass is 16.5. The lowest BCUT2D eigenvalue weighted by Gasteiger charge is -2.22. The van der Waals surface area contributed by atoms with Gasteiger partial charge in [0.15, 0.2) is 6.29 Å². The van der Waals surface area contributed by atoms with Crippen LogP contribution in [0.25, 0.3) is 0 Å². The lowest BCUT2D eigenvalue weighted by molar-refractivity contribution is 0.0210. The van der Waals surface area contributed by atoms with Gasteiger partial charge in [0.25, 0.3) is 0 Å². The van der Waals surface area contributed by atoms with Crippen LogP contribution in [-0.2, 0) is 4.74 Å². The maximum atomic E-state index is 11.9. The van der Waals surface area contributed by atoms with Crippen molar-refractivity contribution in [2.75, 3.05) is 0 Å². The first-order valence-electron chi connectivity index (χ1n) is 6.06. The van der Waals surface area contributed by atoms with Gasteiger partial charge in [-0.3, -0.25) is 4.79 Å². The molecular formula is C14H16O3. The molecular weight excluding hydrogens is 216 g/mol. The highest BCUT2D eigenvalue weighted by Gasteiger charge is 2.20. The SMILES string of the molecule is O=Cc1ccccc1C(=O)OC1CCCCC1. The molecule has 1 aliphatic rings. The third-order valence-corrected chi connectivity index (χ3v) is 3.13. The van der Waals surface area contributed by atoms with Crippen molar-refractivity contribution in [3.05, 3.63) is 35.4 Å². The Morgan fingerprint density at radius 3 is 2.59 bits per heavy atom. The molecule has 1 aromatic rings. The van der Waals surface area contributed by atoms with Crippen LogP contribution in [0.3, 0.4) is 0 Å². The quantitative estimate of drug-likeness (QED) is 0.594. The van der Waals surface area contributed by atoms with Gasteiger partial charge in [-0.1, -0.05) is 24.6 Å². The highest BCUT2D eigenvalue weighted by Crippen LogP contribution is 2.21. The summed E-state index contributed by atoms with van der Waals surface area (Å²) in [5.74, 6) is -0.375. The minimum absolute atomic E-state index is 0.0240. The van der Waals surface area contributed by atoms with Gasteiger partial charge in [0.2, 0.25) is 0 Å². The first-order valence-corrected chi connectivity index (χ1v) is 6.06. The van der Waals surface area contributed by atoms with E-state index in [1.165, 1.54) is 6.42 Å². The maximum absolute atomic E-state index is 11.9. The van der Waals surface area contributed by atoms with Crippen molar-refractivity contribution < 1.29 is 14.3 Å². The summed E-state index contributed by atoms with van der Waals surface area (Å²) in [7, 11) is 0. The normalized spacial score (nSPS) is 16.5. The van der Waals surface area contributed by atoms with Gasteiger partial charge in [-0.2, -0.15) is 0 Å². The molecule has 0 unspecified atom stereocenters. The Morgan fingerprint density at radius 2 is 1.88 bits per heavy atom. The molecule has 1 fully saturated rings. The molecule has 1 aliphatic carbocycles. The van der Waals surface area contributed by atoms with Crippen LogP contribution in [0.4, 0.5) is 0 Å². The second-order valence-corrected chi connectivity index (χ2v) is 4.37. The van der Waals surface area contributed by atoms with E-state index in [4.69, 9.17) is 4.74 Å². The first kappa shape index (κ1) is 11.8. The van der Waals surface area contributed by atoms with Crippen LogP contribution in [0.15, 0.2) is 24.3 Å². The number of hydrogen-bond acceptors (Lipinski definition) is 3. The van der Waals surface area contributed by atoms with Gasteiger partial charge in [-0.05, 0) is 31.7 Å². The molecule has 0 N–H and O–H groups in total. The standard InChI is InChI=1S/C14H16O3/c15-10-11-6-4-5-9-13(11)14(16)17-12-7-2-1-3-8-12/h4-6,9-10,12H,1-3,7-8H2. The fourth-order valence-corrected chi connectivity index (χ4v) is 2.18. The Hall–Kier alpha value is -1.64. The first-order chi connectivity index (χ1) is 8.31. The molecule has 0 amide bonds. The lowest BCUT2D eigenvalue weighted by atomic mass is 9.97. The second-order valence-electron chi connectivity index (χ2n) is 4.37. The van der Waals surface area contributed by atoms with Gasteiger partial charge >= 0.3 is 5.97 Å². The molecule has 1 aromatic carbocycles. The molecule has 3 nitrogen and oxygen atoms in total. The van der Waals surface area contributed by atoms with E-state index >= 15 is 0 Å². The van der Waals surface area contributed by atoms with Crippen LogP contribution in [0, 0.1) is 0 Å². The van der Waals surface area contributed by atoms with Crippen molar-refractivity contribution in [1.82, 2.24) is 0 Å². The van der Waals surface area contributed by atoms with Gasteiger partial charge in [-0.15, -0.1) is 0 Å². The molecule has 0 spiro atoms. The van der Waals surface area contributed by atoms with Gasteiger partial charge < -0.3 is 4.74 Å². The number of rotatable bonds is 3. The van der Waals surface area contributed by atoms with E-state index in [2.05, 4.69) is 0 Å². The molecule has 0 atom stereocenters. The molecule has 3 heteroatoms. The maximum Gasteiger partial charge on any atom is 0.339 e. The van der Waals surface area contributed by atoms with Crippen LogP contribution >= 0.6 is 0 Å². The van der Waals surface area contributed by atoms with E-state index in [9.17, 15) is 9.59 Å². The number of aldehydes is 1. The highest BCUT2D eigenvalue weighted by molar-refractivity contribution is 5.98. The number of hydrogen-bond donors (Lipinski definition) is 0. The number of ether oxygens (including phenoxy) is 1. The van der Waals surface area contributed by atoms with Crippen LogP contribution in [0.5, 0.6) is 0 Å². The topological polar surface area (TPSA) is 43.4 Å². The summed E-state index contributed by atoms with van der Waals surface area (Å²) in [5, 5.41) is 0. The van der Waals surface area contributed by atoms with Crippen molar-refractivity contribution in [1.29, 1.82) is 0 Å². The van der Waals surface area contributed by atoms with Gasteiger partial charge in [0.1, 0.15) is 6.10 Å². The molecule has 0 radical (unpaired) electrons. The van der Waals surface area contributed by atoms with Gasteiger partial charge in [0, 0.05) is 5.56 Å². The van der Waals surface area contributed by atoms with Crippen molar-refractivity contribution in [3.8, 4) is 0 Å². The zero-order valence-electron chi connectivity index (χ0n) is 9.72. The third kappa shape index (κ3) is 2.93. The Morgan fingerprint density at radius 1 is 1.18 bits per heavy atom. The van der Waals surface area contributed by atoms with E-state index in [-0.39, 0.29) is 12.1 Å². The van der Waals surface area contributed by atoms with Crippen molar-refractivity contribution in [2.45, 2.75) is 38.2 Å². The summed E-state index contributed by atoms with van der Waals surface area (Å²) in [4.78, 5) is 22.7. The smallest absolute Gasteiger partial charge is 0.339 e. The molecule has 1 saturated carbocycles. The zero-order valence-corrected chi connectivity index (χ0v) is 9.72. The number of carbonyl (C=O) groups excluding carboxylic acids is 2. The fourth-order valence-electron chi connectivity index (χ4n) is 2.18. The summed E-state index contributed by atoms with van der Waals surface area (Å²) in [6, 6.07) is 6.74. The van der Waals surface area contributed by atoms with E-state index in [1.807, 2.05) is 0 Å². The van der Waals surface area contributed by atoms with Crippen LogP contribution in [0.1, 0.15) is 52.8 Å². The van der Waals surface area contributed by atoms with Crippen molar-refractivity contribution >= 4 is 12.3 Å². The van der Waals surface area contributed by atoms with Gasteiger partial charge in [-0.25, -0.2) is 4.79 Å². The predicted octanol–water partition coefficient (Wildman–Crippen LogP) is 2.99. The molecule has 17 heavy (non-hydrogen) atoms. The molecule has 2 rings (SSSR count). The minimum Gasteiger partial charge on any atom is -0.459 e. The Balaban J connectivity index is 2.05. The summed E-state index contributed by atoms with van der Waals surface area (Å²) in [5.41, 5.74) is 0.765. The molecule has 0 aliphatic heterocycles. The summed E-state index contributed by atoms with van der Waals surface area (Å²) >= 11 is 0. The zero-order chi connectivity index (χ0) is 12.1. The summed E-state index contributed by atoms with van der Waals surface area (Å²) in [6.07, 6.45) is 6.05. The molecule has 0 bridgehead atoms. The second kappa shape index (κ2) is 5.62. The minimum atomic E-state index is -0.375. The monoisotopic (exact) mass is 232 g/mol. The molecule has 90 valence electrons. The van der Waals surface area contributed by atoms with Crippen LogP contribution in [0.2, 0.25) is 0 Å². The average Bonchev–Trinajstić information content (AvgIpc) is 2.40. The number of esters is 1. The average molecular weight is 232 g/mol. The van der Waals surface area contributed by atoms with E-state index in [1.54, 1.807) is 24.3 Å². The Kier molecular flexibility index (Phi) is 3.91. The predicted molar refractivity (Wildman–Crippen MR) is 64.1 cm³/mol. The molecule has 0 heterocycles. The number of benzene rings is 1. The van der Waals surface area contributed by atoms with E-state index < -0.39 is 0 Å². The summed E-state index contributed by atoms with van der Waals surface area (Å²) < 4.78 is 5.42. The fraction of sp³-hybridized carbons (Fsp3) is 0.429. The summed E-state index contributed by atoms with van der Waals surface area (Å²) in [6.45, 7) is 0. The molecule has 0 saturated heterocycles. The lowest BCUT2D eigenvalue weighted by Crippen LogP contribution is -2.21. The van der Waals surface area contributed by atoms with E-state index in [0.29, 0.717) is 17.4 Å². The molecule has 0 aromatic heterocycles. The Labute approximate surface area is 101 Å². The number of carbonyl (C=O) groups is 2. The third-order valence-electron chi connectivity index (χ3n) is 3.13. The van der Waals surface area contributed by atoms with Crippen LogP contribution in [-0.4, -0.2) is 18.4 Å². The van der Waals surface area contributed by atoms with Gasteiger partial charge in [0.05, 0.1) is 5.56 Å². The largest absolute Gasteiger partial charge is 0.459 e. The van der Waals surface area contributed by atoms with E-state index in [0.717, 1.165) is 25.7 Å². The van der Waals surface area contributed by atoms with Crippen molar-refractivity contribution in [2.24, 2.45) is 0 Å². The van der Waals surface area contributed by atoms with Crippen molar-refractivity contribution in [3.63, 3.8) is 0 Å². The Bertz CT molecular complexity index is 406. The van der Waals surface area contributed by atoms with Crippen LogP contribution < -0.4 is 0 Å².